The highest BCUT2D eigenvalue weighted by Crippen LogP contribution is 2.37. The number of aryl methyl sites for hydroxylation is 1. The number of hydrogen-bond donors (Lipinski definition) is 1. The zero-order valence-corrected chi connectivity index (χ0v) is 22.5. The summed E-state index contributed by atoms with van der Waals surface area (Å²) in [5, 5.41) is 2.82. The largest absolute Gasteiger partial charge is 0.466 e. The molecule has 39 heavy (non-hydrogen) atoms. The van der Waals surface area contributed by atoms with E-state index in [0.717, 1.165) is 36.8 Å². The van der Waals surface area contributed by atoms with Gasteiger partial charge in [0, 0.05) is 25.4 Å². The number of benzene rings is 2. The lowest BCUT2D eigenvalue weighted by Crippen LogP contribution is -2.23. The van der Waals surface area contributed by atoms with Crippen LogP contribution in [0.4, 0.5) is 4.39 Å². The molecule has 2 aromatic heterocycles. The van der Waals surface area contributed by atoms with Crippen molar-refractivity contribution in [1.82, 2.24) is 14.7 Å². The van der Waals surface area contributed by atoms with Gasteiger partial charge in [0.15, 0.2) is 0 Å². The fraction of sp³-hybridized carbons (Fsp3) is 0.344. The Bertz CT molecular complexity index is 1470. The molecule has 0 saturated heterocycles. The van der Waals surface area contributed by atoms with Gasteiger partial charge in [0.1, 0.15) is 17.2 Å². The molecule has 5 rings (SSSR count). The van der Waals surface area contributed by atoms with Crippen LogP contribution < -0.4 is 5.32 Å². The van der Waals surface area contributed by atoms with E-state index >= 15 is 0 Å². The van der Waals surface area contributed by atoms with E-state index in [2.05, 4.69) is 34.6 Å². The van der Waals surface area contributed by atoms with E-state index in [1.807, 2.05) is 29.7 Å². The molecule has 1 saturated carbocycles. The third kappa shape index (κ3) is 6.36. The second-order valence-electron chi connectivity index (χ2n) is 10.4. The normalized spacial score (nSPS) is 17.2. The van der Waals surface area contributed by atoms with Crippen LogP contribution >= 0.6 is 0 Å². The van der Waals surface area contributed by atoms with Crippen molar-refractivity contribution in [2.45, 2.75) is 58.4 Å². The molecule has 1 amide bonds. The first-order valence-electron chi connectivity index (χ1n) is 13.7. The lowest BCUT2D eigenvalue weighted by atomic mass is 9.77. The minimum atomic E-state index is -0.303. The van der Waals surface area contributed by atoms with Crippen LogP contribution in [0.25, 0.3) is 16.8 Å². The first kappa shape index (κ1) is 26.6. The van der Waals surface area contributed by atoms with Crippen molar-refractivity contribution in [3.63, 3.8) is 0 Å². The van der Waals surface area contributed by atoms with Gasteiger partial charge in [0.25, 0.3) is 5.91 Å². The monoisotopic (exact) mass is 527 g/mol. The maximum Gasteiger partial charge on any atom is 0.306 e. The highest BCUT2D eigenvalue weighted by atomic mass is 19.1. The second-order valence-corrected chi connectivity index (χ2v) is 10.4. The Morgan fingerprint density at radius 3 is 2.46 bits per heavy atom. The molecule has 0 atom stereocenters. The number of fused-ring (bicyclic) bond motifs is 1. The summed E-state index contributed by atoms with van der Waals surface area (Å²) in [4.78, 5) is 28.9. The molecule has 1 aliphatic rings. The molecular weight excluding hydrogens is 493 g/mol. The van der Waals surface area contributed by atoms with Gasteiger partial charge in [-0.2, -0.15) is 0 Å². The van der Waals surface area contributed by atoms with Crippen LogP contribution in [0.1, 0.15) is 72.1 Å². The van der Waals surface area contributed by atoms with Crippen molar-refractivity contribution in [2.24, 2.45) is 5.92 Å². The van der Waals surface area contributed by atoms with Gasteiger partial charge in [0.05, 0.1) is 6.61 Å². The summed E-state index contributed by atoms with van der Waals surface area (Å²) in [5.41, 5.74) is 5.74. The van der Waals surface area contributed by atoms with Crippen LogP contribution in [0.5, 0.6) is 0 Å². The number of carbonyl (C=O) groups excluding carboxylic acids is 2. The van der Waals surface area contributed by atoms with E-state index in [0.29, 0.717) is 47.3 Å². The zero-order chi connectivity index (χ0) is 27.4. The van der Waals surface area contributed by atoms with Gasteiger partial charge in [0.2, 0.25) is 0 Å². The molecule has 7 heteroatoms. The summed E-state index contributed by atoms with van der Waals surface area (Å²) >= 11 is 0. The Morgan fingerprint density at radius 1 is 1.00 bits per heavy atom. The first-order valence-corrected chi connectivity index (χ1v) is 13.7. The number of amides is 1. The Hall–Kier alpha value is -4.00. The van der Waals surface area contributed by atoms with E-state index in [-0.39, 0.29) is 24.2 Å². The molecule has 4 aromatic rings. The molecule has 0 aliphatic heterocycles. The molecule has 1 fully saturated rings. The molecule has 6 nitrogen and oxygen atoms in total. The predicted molar refractivity (Wildman–Crippen MR) is 149 cm³/mol. The third-order valence-corrected chi connectivity index (χ3v) is 7.70. The summed E-state index contributed by atoms with van der Waals surface area (Å²) in [6.45, 7) is 4.23. The Kier molecular flexibility index (Phi) is 8.05. The highest BCUT2D eigenvalue weighted by molar-refractivity contribution is 5.92. The van der Waals surface area contributed by atoms with E-state index < -0.39 is 0 Å². The number of rotatable bonds is 8. The smallest absolute Gasteiger partial charge is 0.306 e. The van der Waals surface area contributed by atoms with Gasteiger partial charge >= 0.3 is 5.97 Å². The summed E-state index contributed by atoms with van der Waals surface area (Å²) < 4.78 is 20.8. The first-order chi connectivity index (χ1) is 18.9. The molecule has 1 aliphatic carbocycles. The van der Waals surface area contributed by atoms with Crippen LogP contribution in [0.2, 0.25) is 0 Å². The maximum atomic E-state index is 13.8. The lowest BCUT2D eigenvalue weighted by molar-refractivity contribution is -0.144. The molecular formula is C32H34FN3O3. The highest BCUT2D eigenvalue weighted by Gasteiger charge is 2.24. The summed E-state index contributed by atoms with van der Waals surface area (Å²) in [5.74, 6) is 0.285. The number of aromatic nitrogens is 2. The number of nitrogens with one attached hydrogen (secondary N) is 1. The predicted octanol–water partition coefficient (Wildman–Crippen LogP) is 6.61. The van der Waals surface area contributed by atoms with Crippen LogP contribution in [0.15, 0.2) is 67.0 Å². The number of halogens is 1. The van der Waals surface area contributed by atoms with E-state index in [1.54, 1.807) is 25.3 Å². The van der Waals surface area contributed by atoms with E-state index in [1.165, 1.54) is 11.6 Å². The minimum Gasteiger partial charge on any atom is -0.466 e. The SMILES string of the molecule is CCOC(=O)CC1CCC(c2ccc(-c3ccc4nc(C(=O)NCc5ccc(C)c(F)c5)cn4c3)cc2)CC1. The number of pyridine rings is 1. The van der Waals surface area contributed by atoms with Gasteiger partial charge in [-0.05, 0) is 97.4 Å². The number of hydrogen-bond acceptors (Lipinski definition) is 4. The van der Waals surface area contributed by atoms with Crippen molar-refractivity contribution in [3.8, 4) is 11.1 Å². The van der Waals surface area contributed by atoms with Crippen molar-refractivity contribution in [1.29, 1.82) is 0 Å². The number of imidazole rings is 1. The van der Waals surface area contributed by atoms with E-state index in [4.69, 9.17) is 4.74 Å². The van der Waals surface area contributed by atoms with Crippen LogP contribution in [-0.4, -0.2) is 27.9 Å². The molecule has 0 unspecified atom stereocenters. The number of carbonyl (C=O) groups is 2. The van der Waals surface area contributed by atoms with Crippen LogP contribution in [0, 0.1) is 18.7 Å². The minimum absolute atomic E-state index is 0.0770. The number of esters is 1. The van der Waals surface area contributed by atoms with Gasteiger partial charge in [-0.3, -0.25) is 9.59 Å². The van der Waals surface area contributed by atoms with Gasteiger partial charge in [-0.15, -0.1) is 0 Å². The third-order valence-electron chi connectivity index (χ3n) is 7.70. The standard InChI is InChI=1S/C32H34FN3O3/c1-3-39-31(37)17-22-6-8-24(9-7-22)25-10-12-26(13-11-25)27-14-15-30-35-29(20-36(30)19-27)32(38)34-18-23-5-4-21(2)28(33)16-23/h4-5,10-16,19-20,22,24H,3,6-9,17-18H2,1-2H3,(H,34,38). The number of nitrogens with zero attached hydrogens (tertiary/aromatic N) is 2. The molecule has 2 aromatic carbocycles. The van der Waals surface area contributed by atoms with Gasteiger partial charge < -0.3 is 14.5 Å². The summed E-state index contributed by atoms with van der Waals surface area (Å²) in [7, 11) is 0. The lowest BCUT2D eigenvalue weighted by Gasteiger charge is -2.28. The molecule has 0 bridgehead atoms. The topological polar surface area (TPSA) is 72.7 Å². The maximum absolute atomic E-state index is 13.8. The van der Waals surface area contributed by atoms with Gasteiger partial charge in [-0.1, -0.05) is 36.4 Å². The van der Waals surface area contributed by atoms with Crippen LogP contribution in [0.3, 0.4) is 0 Å². The average molecular weight is 528 g/mol. The quantitative estimate of drug-likeness (QED) is 0.262. The molecule has 0 radical (unpaired) electrons. The Balaban J connectivity index is 1.20. The van der Waals surface area contributed by atoms with Crippen molar-refractivity contribution in [3.05, 3.63) is 95.2 Å². The van der Waals surface area contributed by atoms with Gasteiger partial charge in [-0.25, -0.2) is 9.37 Å². The van der Waals surface area contributed by atoms with Crippen molar-refractivity contribution < 1.29 is 18.7 Å². The molecule has 2 heterocycles. The molecule has 0 spiro atoms. The van der Waals surface area contributed by atoms with Crippen LogP contribution in [-0.2, 0) is 16.1 Å². The Labute approximate surface area is 228 Å². The number of ether oxygens (including phenoxy) is 1. The fourth-order valence-electron chi connectivity index (χ4n) is 5.39. The van der Waals surface area contributed by atoms with Crippen molar-refractivity contribution >= 4 is 17.5 Å². The molecule has 1 N–H and O–H groups in total. The summed E-state index contributed by atoms with van der Waals surface area (Å²) in [6.07, 6.45) is 8.52. The average Bonchev–Trinajstić information content (AvgIpc) is 3.38. The fourth-order valence-corrected chi connectivity index (χ4v) is 5.39. The van der Waals surface area contributed by atoms with E-state index in [9.17, 15) is 14.0 Å². The Morgan fingerprint density at radius 2 is 1.74 bits per heavy atom. The molecule has 202 valence electrons. The zero-order valence-electron chi connectivity index (χ0n) is 22.5. The van der Waals surface area contributed by atoms with Crippen molar-refractivity contribution in [2.75, 3.05) is 6.61 Å². The second kappa shape index (κ2) is 11.8. The summed E-state index contributed by atoms with van der Waals surface area (Å²) in [6, 6.07) is 17.6.